The predicted octanol–water partition coefficient (Wildman–Crippen LogP) is 2.86. The van der Waals surface area contributed by atoms with E-state index < -0.39 is 10.0 Å². The minimum atomic E-state index is -3.53. The number of carbonyl (C=O) groups excluding carboxylic acids is 1. The third-order valence-corrected chi connectivity index (χ3v) is 6.25. The molecule has 0 atom stereocenters. The number of rotatable bonds is 8. The van der Waals surface area contributed by atoms with Crippen molar-refractivity contribution in [1.29, 1.82) is 0 Å². The Hall–Kier alpha value is -2.82. The van der Waals surface area contributed by atoms with E-state index in [1.807, 2.05) is 12.1 Å². The molecule has 2 N–H and O–H groups in total. The van der Waals surface area contributed by atoms with E-state index in [1.165, 1.54) is 16.7 Å². The first kappa shape index (κ1) is 22.9. The standard InChI is InChI=1S/C21H23N3O5S2/c1-28-17-9-7-15(8-10-17)13-19-20(25)24(16-5-3-6-18(14-16)29-2)21(23-19)30-11-4-12-31(22,26)27/h3,5-10,13-14H,4,11-12H2,1-2H3,(H2,22,26,27)/b19-13-. The lowest BCUT2D eigenvalue weighted by molar-refractivity contribution is -0.113. The molecule has 0 radical (unpaired) electrons. The highest BCUT2D eigenvalue weighted by Crippen LogP contribution is 2.31. The molecule has 0 unspecified atom stereocenters. The minimum Gasteiger partial charge on any atom is -0.497 e. The van der Waals surface area contributed by atoms with Crippen molar-refractivity contribution >= 4 is 44.6 Å². The Balaban J connectivity index is 1.88. The van der Waals surface area contributed by atoms with Crippen LogP contribution in [0.15, 0.2) is 59.2 Å². The quantitative estimate of drug-likeness (QED) is 0.478. The zero-order valence-corrected chi connectivity index (χ0v) is 18.8. The second-order valence-electron chi connectivity index (χ2n) is 6.61. The molecule has 2 aromatic carbocycles. The van der Waals surface area contributed by atoms with Crippen LogP contribution in [0.2, 0.25) is 0 Å². The molecular weight excluding hydrogens is 438 g/mol. The molecule has 3 rings (SSSR count). The van der Waals surface area contributed by atoms with Gasteiger partial charge in [0.05, 0.1) is 25.7 Å². The van der Waals surface area contributed by atoms with Gasteiger partial charge in [0.15, 0.2) is 5.17 Å². The number of aliphatic imine (C=N–C) groups is 1. The van der Waals surface area contributed by atoms with Crippen molar-refractivity contribution in [3.63, 3.8) is 0 Å². The van der Waals surface area contributed by atoms with Crippen molar-refractivity contribution in [1.82, 2.24) is 0 Å². The zero-order valence-electron chi connectivity index (χ0n) is 17.1. The average Bonchev–Trinajstić information content (AvgIpc) is 3.06. The van der Waals surface area contributed by atoms with Crippen LogP contribution in [0.3, 0.4) is 0 Å². The number of nitrogens with zero attached hydrogens (tertiary/aromatic N) is 2. The van der Waals surface area contributed by atoms with E-state index in [2.05, 4.69) is 4.99 Å². The van der Waals surface area contributed by atoms with Gasteiger partial charge >= 0.3 is 0 Å². The first-order valence-corrected chi connectivity index (χ1v) is 12.1. The highest BCUT2D eigenvalue weighted by molar-refractivity contribution is 8.14. The van der Waals surface area contributed by atoms with Gasteiger partial charge in [-0.3, -0.25) is 9.69 Å². The number of benzene rings is 2. The molecule has 0 spiro atoms. The van der Waals surface area contributed by atoms with Crippen LogP contribution in [0, 0.1) is 0 Å². The molecule has 164 valence electrons. The van der Waals surface area contributed by atoms with Gasteiger partial charge in [0, 0.05) is 11.8 Å². The maximum absolute atomic E-state index is 13.2. The van der Waals surface area contributed by atoms with E-state index in [0.717, 1.165) is 5.56 Å². The van der Waals surface area contributed by atoms with Crippen LogP contribution in [0.5, 0.6) is 11.5 Å². The van der Waals surface area contributed by atoms with Crippen LogP contribution in [0.4, 0.5) is 5.69 Å². The molecule has 1 aliphatic rings. The number of hydrogen-bond acceptors (Lipinski definition) is 7. The summed E-state index contributed by atoms with van der Waals surface area (Å²) >= 11 is 1.30. The number of carbonyl (C=O) groups is 1. The molecule has 0 aliphatic carbocycles. The largest absolute Gasteiger partial charge is 0.497 e. The van der Waals surface area contributed by atoms with Gasteiger partial charge in [-0.15, -0.1) is 0 Å². The number of sulfonamides is 1. The van der Waals surface area contributed by atoms with Gasteiger partial charge in [-0.1, -0.05) is 30.0 Å². The van der Waals surface area contributed by atoms with Crippen molar-refractivity contribution in [3.05, 3.63) is 59.8 Å². The van der Waals surface area contributed by atoms with E-state index in [0.29, 0.717) is 34.5 Å². The molecular formula is C21H23N3O5S2. The topological polar surface area (TPSA) is 111 Å². The Morgan fingerprint density at radius 1 is 1.10 bits per heavy atom. The van der Waals surface area contributed by atoms with Crippen LogP contribution in [0.25, 0.3) is 6.08 Å². The number of methoxy groups -OCH3 is 2. The van der Waals surface area contributed by atoms with Crippen molar-refractivity contribution in [3.8, 4) is 11.5 Å². The first-order valence-electron chi connectivity index (χ1n) is 9.37. The Morgan fingerprint density at radius 3 is 2.45 bits per heavy atom. The molecule has 10 heteroatoms. The molecule has 1 amide bonds. The van der Waals surface area contributed by atoms with Gasteiger partial charge in [0.2, 0.25) is 10.0 Å². The zero-order chi connectivity index (χ0) is 22.4. The van der Waals surface area contributed by atoms with E-state index in [4.69, 9.17) is 14.6 Å². The molecule has 31 heavy (non-hydrogen) atoms. The lowest BCUT2D eigenvalue weighted by Crippen LogP contribution is -2.30. The van der Waals surface area contributed by atoms with Gasteiger partial charge in [0.1, 0.15) is 17.2 Å². The van der Waals surface area contributed by atoms with Crippen LogP contribution in [0.1, 0.15) is 12.0 Å². The first-order chi connectivity index (χ1) is 14.8. The Morgan fingerprint density at radius 2 is 1.81 bits per heavy atom. The summed E-state index contributed by atoms with van der Waals surface area (Å²) in [7, 11) is -0.395. The van der Waals surface area contributed by atoms with Crippen LogP contribution in [-0.4, -0.2) is 45.2 Å². The maximum atomic E-state index is 13.2. The monoisotopic (exact) mass is 461 g/mol. The fraction of sp³-hybridized carbons (Fsp3) is 0.238. The summed E-state index contributed by atoms with van der Waals surface area (Å²) in [6.45, 7) is 0. The number of thioether (sulfide) groups is 1. The van der Waals surface area contributed by atoms with Gasteiger partial charge in [-0.05, 0) is 42.3 Å². The van der Waals surface area contributed by atoms with E-state index >= 15 is 0 Å². The molecule has 2 aromatic rings. The molecule has 0 fully saturated rings. The van der Waals surface area contributed by atoms with Crippen LogP contribution in [-0.2, 0) is 14.8 Å². The summed E-state index contributed by atoms with van der Waals surface area (Å²) < 4.78 is 32.8. The lowest BCUT2D eigenvalue weighted by Gasteiger charge is -2.18. The summed E-state index contributed by atoms with van der Waals surface area (Å²) in [4.78, 5) is 19.2. The van der Waals surface area contributed by atoms with Gasteiger partial charge in [-0.25, -0.2) is 18.5 Å². The third-order valence-electron chi connectivity index (χ3n) is 4.36. The number of hydrogen-bond donors (Lipinski definition) is 1. The lowest BCUT2D eigenvalue weighted by atomic mass is 10.2. The normalized spacial score (nSPS) is 15.3. The molecule has 0 saturated heterocycles. The van der Waals surface area contributed by atoms with Crippen molar-refractivity contribution in [2.75, 3.05) is 30.6 Å². The minimum absolute atomic E-state index is 0.130. The Kier molecular flexibility index (Phi) is 7.37. The predicted molar refractivity (Wildman–Crippen MR) is 124 cm³/mol. The molecule has 0 saturated carbocycles. The van der Waals surface area contributed by atoms with Crippen LogP contribution >= 0.6 is 11.8 Å². The summed E-state index contributed by atoms with van der Waals surface area (Å²) in [6, 6.07) is 14.4. The van der Waals surface area contributed by atoms with E-state index in [9.17, 15) is 13.2 Å². The Bertz CT molecular complexity index is 1110. The molecule has 1 heterocycles. The number of primary sulfonamides is 1. The van der Waals surface area contributed by atoms with E-state index in [-0.39, 0.29) is 17.4 Å². The number of ether oxygens (including phenoxy) is 2. The smallest absolute Gasteiger partial charge is 0.283 e. The SMILES string of the molecule is COc1ccc(/C=C2\N=C(SCCCS(N)(=O)=O)N(c3cccc(OC)c3)C2=O)cc1. The van der Waals surface area contributed by atoms with Crippen molar-refractivity contribution in [2.24, 2.45) is 10.1 Å². The summed E-state index contributed by atoms with van der Waals surface area (Å²) in [5.41, 5.74) is 1.70. The number of nitrogens with two attached hydrogens (primary N) is 1. The fourth-order valence-electron chi connectivity index (χ4n) is 2.85. The highest BCUT2D eigenvalue weighted by atomic mass is 32.2. The number of amidine groups is 1. The summed E-state index contributed by atoms with van der Waals surface area (Å²) in [6.07, 6.45) is 2.05. The van der Waals surface area contributed by atoms with Gasteiger partial charge < -0.3 is 9.47 Å². The van der Waals surface area contributed by atoms with Crippen molar-refractivity contribution < 1.29 is 22.7 Å². The molecule has 0 bridgehead atoms. The van der Waals surface area contributed by atoms with Gasteiger partial charge in [-0.2, -0.15) is 0 Å². The average molecular weight is 462 g/mol. The summed E-state index contributed by atoms with van der Waals surface area (Å²) in [5.74, 6) is 1.36. The fourth-order valence-corrected chi connectivity index (χ4v) is 4.53. The third kappa shape index (κ3) is 6.09. The summed E-state index contributed by atoms with van der Waals surface area (Å²) in [5, 5.41) is 5.53. The highest BCUT2D eigenvalue weighted by Gasteiger charge is 2.32. The second-order valence-corrected chi connectivity index (χ2v) is 9.40. The number of anilines is 1. The second kappa shape index (κ2) is 9.99. The molecule has 1 aliphatic heterocycles. The molecule has 8 nitrogen and oxygen atoms in total. The van der Waals surface area contributed by atoms with Crippen LogP contribution < -0.4 is 19.5 Å². The van der Waals surface area contributed by atoms with Gasteiger partial charge in [0.25, 0.3) is 5.91 Å². The molecule has 0 aromatic heterocycles. The van der Waals surface area contributed by atoms with E-state index in [1.54, 1.807) is 56.7 Å². The maximum Gasteiger partial charge on any atom is 0.283 e. The van der Waals surface area contributed by atoms with Crippen molar-refractivity contribution in [2.45, 2.75) is 6.42 Å². The number of amides is 1. The Labute approximate surface area is 185 Å².